The second kappa shape index (κ2) is 5.32. The summed E-state index contributed by atoms with van der Waals surface area (Å²) in [4.78, 5) is 16.9. The van der Waals surface area contributed by atoms with Gasteiger partial charge in [0.15, 0.2) is 0 Å². The lowest BCUT2D eigenvalue weighted by atomic mass is 10.0. The van der Waals surface area contributed by atoms with Gasteiger partial charge in [-0.15, -0.1) is 5.10 Å². The molecule has 1 aromatic carbocycles. The Kier molecular flexibility index (Phi) is 3.32. The molecule has 0 amide bonds. The maximum absolute atomic E-state index is 12.4. The smallest absolute Gasteiger partial charge is 0.218 e. The van der Waals surface area contributed by atoms with Gasteiger partial charge in [-0.1, -0.05) is 30.3 Å². The predicted molar refractivity (Wildman–Crippen MR) is 80.7 cm³/mol. The zero-order valence-electron chi connectivity index (χ0n) is 11.5. The molecule has 2 aliphatic rings. The van der Waals surface area contributed by atoms with Gasteiger partial charge in [-0.3, -0.25) is 4.79 Å². The summed E-state index contributed by atoms with van der Waals surface area (Å²) in [6, 6.07) is 10.5. The standard InChI is InChI=1S/C15H16N3O2P/c19-13(11-6-7-20-8-11)14-16-15-18(17-14)12(9-21-15)10-4-2-1-3-5-10/h1-5,11-12,21H,6-9H2. The lowest BCUT2D eigenvalue weighted by molar-refractivity contribution is 0.0889. The van der Waals surface area contributed by atoms with Crippen LogP contribution >= 0.6 is 8.58 Å². The van der Waals surface area contributed by atoms with Crippen LogP contribution in [0.3, 0.4) is 0 Å². The van der Waals surface area contributed by atoms with Crippen LogP contribution in [0.15, 0.2) is 30.3 Å². The molecule has 1 saturated heterocycles. The van der Waals surface area contributed by atoms with E-state index in [1.807, 2.05) is 22.9 Å². The molecule has 6 heteroatoms. The summed E-state index contributed by atoms with van der Waals surface area (Å²) in [7, 11) is 0.616. The minimum absolute atomic E-state index is 0.0333. The molecule has 1 fully saturated rings. The van der Waals surface area contributed by atoms with Crippen molar-refractivity contribution in [2.24, 2.45) is 5.92 Å². The van der Waals surface area contributed by atoms with E-state index < -0.39 is 0 Å². The summed E-state index contributed by atoms with van der Waals surface area (Å²) in [5.74, 6) is 0.339. The minimum atomic E-state index is -0.0633. The maximum Gasteiger partial charge on any atom is 0.218 e. The Morgan fingerprint density at radius 1 is 1.33 bits per heavy atom. The number of benzene rings is 1. The minimum Gasteiger partial charge on any atom is -0.381 e. The molecule has 3 heterocycles. The van der Waals surface area contributed by atoms with Crippen LogP contribution in [0.2, 0.25) is 0 Å². The van der Waals surface area contributed by atoms with Gasteiger partial charge in [-0.2, -0.15) is 0 Å². The van der Waals surface area contributed by atoms with Crippen LogP contribution in [0, 0.1) is 5.92 Å². The number of rotatable bonds is 3. The molecule has 1 aromatic heterocycles. The number of fused-ring (bicyclic) bond motifs is 1. The van der Waals surface area contributed by atoms with Crippen LogP contribution in [0.25, 0.3) is 0 Å². The van der Waals surface area contributed by atoms with E-state index in [0.717, 1.165) is 18.1 Å². The first-order chi connectivity index (χ1) is 10.3. The van der Waals surface area contributed by atoms with Crippen LogP contribution < -0.4 is 5.57 Å². The quantitative estimate of drug-likeness (QED) is 0.635. The largest absolute Gasteiger partial charge is 0.381 e. The summed E-state index contributed by atoms with van der Waals surface area (Å²) >= 11 is 0. The molecule has 0 radical (unpaired) electrons. The van der Waals surface area contributed by atoms with Crippen molar-refractivity contribution < 1.29 is 9.53 Å². The Morgan fingerprint density at radius 3 is 2.95 bits per heavy atom. The van der Waals surface area contributed by atoms with Crippen molar-refractivity contribution in [3.05, 3.63) is 41.7 Å². The molecule has 0 spiro atoms. The van der Waals surface area contributed by atoms with Crippen molar-refractivity contribution >= 4 is 19.9 Å². The van der Waals surface area contributed by atoms with Crippen LogP contribution in [0.1, 0.15) is 28.6 Å². The number of Topliss-reactive ketones (excluding diaryl/α,β-unsaturated/α-hetero) is 1. The predicted octanol–water partition coefficient (Wildman–Crippen LogP) is 1.40. The van der Waals surface area contributed by atoms with Crippen molar-refractivity contribution in [2.75, 3.05) is 19.4 Å². The fraction of sp³-hybridized carbons (Fsp3) is 0.400. The van der Waals surface area contributed by atoms with Gasteiger partial charge < -0.3 is 4.74 Å². The van der Waals surface area contributed by atoms with Gasteiger partial charge in [0, 0.05) is 6.61 Å². The van der Waals surface area contributed by atoms with Gasteiger partial charge in [-0.25, -0.2) is 9.67 Å². The highest BCUT2D eigenvalue weighted by molar-refractivity contribution is 7.47. The molecule has 0 saturated carbocycles. The van der Waals surface area contributed by atoms with Crippen molar-refractivity contribution in [2.45, 2.75) is 12.5 Å². The lowest BCUT2D eigenvalue weighted by Crippen LogP contribution is -2.18. The second-order valence-corrected chi connectivity index (χ2v) is 6.64. The summed E-state index contributed by atoms with van der Waals surface area (Å²) in [6.45, 7) is 1.17. The first-order valence-corrected chi connectivity index (χ1v) is 8.41. The number of hydrogen-bond donors (Lipinski definition) is 0. The third kappa shape index (κ3) is 2.30. The lowest BCUT2D eigenvalue weighted by Gasteiger charge is -2.11. The summed E-state index contributed by atoms with van der Waals surface area (Å²) in [5.41, 5.74) is 2.18. The average molecular weight is 301 g/mol. The zero-order chi connectivity index (χ0) is 14.2. The number of ketones is 1. The third-order valence-corrected chi connectivity index (χ3v) is 5.33. The van der Waals surface area contributed by atoms with E-state index >= 15 is 0 Å². The Labute approximate surface area is 124 Å². The molecule has 0 bridgehead atoms. The molecule has 3 unspecified atom stereocenters. The number of carbonyl (C=O) groups excluding carboxylic acids is 1. The van der Waals surface area contributed by atoms with Gasteiger partial charge in [0.2, 0.25) is 11.6 Å². The fourth-order valence-corrected chi connectivity index (χ4v) is 4.24. The molecule has 108 valence electrons. The molecule has 4 rings (SSSR count). The number of hydrogen-bond acceptors (Lipinski definition) is 4. The normalized spacial score (nSPS) is 25.3. The topological polar surface area (TPSA) is 57.0 Å². The first-order valence-electron chi connectivity index (χ1n) is 7.20. The Hall–Kier alpha value is -1.58. The van der Waals surface area contributed by atoms with Gasteiger partial charge >= 0.3 is 0 Å². The monoisotopic (exact) mass is 301 g/mol. The highest BCUT2D eigenvalue weighted by Crippen LogP contribution is 2.31. The van der Waals surface area contributed by atoms with E-state index in [0.29, 0.717) is 27.6 Å². The highest BCUT2D eigenvalue weighted by Gasteiger charge is 2.32. The Bertz CT molecular complexity index is 665. The number of ether oxygens (including phenoxy) is 1. The molecule has 0 N–H and O–H groups in total. The highest BCUT2D eigenvalue weighted by atomic mass is 31.1. The van der Waals surface area contributed by atoms with Crippen molar-refractivity contribution in [3.8, 4) is 0 Å². The molecule has 5 nitrogen and oxygen atoms in total. The van der Waals surface area contributed by atoms with Crippen molar-refractivity contribution in [3.63, 3.8) is 0 Å². The molecular formula is C15H16N3O2P. The summed E-state index contributed by atoms with van der Waals surface area (Å²) < 4.78 is 7.23. The first kappa shape index (κ1) is 13.1. The van der Waals surface area contributed by atoms with E-state index in [1.165, 1.54) is 5.56 Å². The Balaban J connectivity index is 1.63. The molecule has 3 atom stereocenters. The van der Waals surface area contributed by atoms with E-state index in [-0.39, 0.29) is 17.7 Å². The zero-order valence-corrected chi connectivity index (χ0v) is 12.5. The number of carbonyl (C=O) groups is 1. The maximum atomic E-state index is 12.4. The fourth-order valence-electron chi connectivity index (χ4n) is 2.90. The van der Waals surface area contributed by atoms with Gasteiger partial charge in [0.05, 0.1) is 18.6 Å². The van der Waals surface area contributed by atoms with Gasteiger partial charge in [-0.05, 0) is 26.7 Å². The summed E-state index contributed by atoms with van der Waals surface area (Å²) in [5, 5.41) is 4.50. The number of aromatic nitrogens is 3. The number of nitrogens with zero attached hydrogens (tertiary/aromatic N) is 3. The van der Waals surface area contributed by atoms with Crippen LogP contribution in [-0.4, -0.2) is 39.9 Å². The summed E-state index contributed by atoms with van der Waals surface area (Å²) in [6.07, 6.45) is 1.81. The molecule has 2 aliphatic heterocycles. The van der Waals surface area contributed by atoms with Crippen LogP contribution in [0.5, 0.6) is 0 Å². The van der Waals surface area contributed by atoms with Crippen LogP contribution in [-0.2, 0) is 4.74 Å². The van der Waals surface area contributed by atoms with Crippen molar-refractivity contribution in [1.29, 1.82) is 0 Å². The SMILES string of the molecule is O=C(c1nc2n(n1)C(c1ccccc1)CP2)C1CCOC1. The van der Waals surface area contributed by atoms with E-state index in [2.05, 4.69) is 22.2 Å². The van der Waals surface area contributed by atoms with Gasteiger partial charge in [0.1, 0.15) is 5.57 Å². The van der Waals surface area contributed by atoms with Crippen molar-refractivity contribution in [1.82, 2.24) is 14.8 Å². The Morgan fingerprint density at radius 2 is 2.19 bits per heavy atom. The second-order valence-electron chi connectivity index (χ2n) is 5.44. The van der Waals surface area contributed by atoms with E-state index in [4.69, 9.17) is 4.74 Å². The van der Waals surface area contributed by atoms with E-state index in [9.17, 15) is 4.79 Å². The van der Waals surface area contributed by atoms with Gasteiger partial charge in [0.25, 0.3) is 0 Å². The third-order valence-electron chi connectivity index (χ3n) is 4.09. The molecular weight excluding hydrogens is 285 g/mol. The average Bonchev–Trinajstić information content (AvgIpc) is 3.23. The molecule has 0 aliphatic carbocycles. The van der Waals surface area contributed by atoms with Crippen LogP contribution in [0.4, 0.5) is 0 Å². The molecule has 2 aromatic rings. The molecule has 21 heavy (non-hydrogen) atoms. The van der Waals surface area contributed by atoms with E-state index in [1.54, 1.807) is 0 Å².